The fraction of sp³-hybridized carbons (Fsp3) is 0.278. The van der Waals surface area contributed by atoms with Crippen LogP contribution in [0, 0.1) is 6.92 Å². The Morgan fingerprint density at radius 1 is 1.32 bits per heavy atom. The smallest absolute Gasteiger partial charge is 0.416 e. The maximum atomic E-state index is 13.1. The predicted molar refractivity (Wildman–Crippen MR) is 96.5 cm³/mol. The van der Waals surface area contributed by atoms with Crippen LogP contribution in [0.15, 0.2) is 36.4 Å². The molecule has 0 saturated carbocycles. The number of anilines is 2. The Balaban J connectivity index is 1.96. The van der Waals surface area contributed by atoms with Gasteiger partial charge in [0.05, 0.1) is 5.56 Å². The van der Waals surface area contributed by atoms with E-state index in [2.05, 4.69) is 4.98 Å². The van der Waals surface area contributed by atoms with Crippen molar-refractivity contribution in [2.24, 2.45) is 0 Å². The monoisotopic (exact) mass is 413 g/mol. The lowest BCUT2D eigenvalue weighted by Crippen LogP contribution is -2.47. The van der Waals surface area contributed by atoms with Crippen LogP contribution in [0.3, 0.4) is 0 Å². The first-order valence-electron chi connectivity index (χ1n) is 8.13. The van der Waals surface area contributed by atoms with Gasteiger partial charge in [-0.05, 0) is 37.3 Å². The molecule has 3 rings (SSSR count). The van der Waals surface area contributed by atoms with Gasteiger partial charge in [-0.1, -0.05) is 17.7 Å². The molecule has 2 aromatic rings. The Morgan fingerprint density at radius 2 is 2.04 bits per heavy atom. The molecule has 0 radical (unpaired) electrons. The molecule has 1 saturated heterocycles. The molecular weight excluding hydrogens is 399 g/mol. The molecule has 28 heavy (non-hydrogen) atoms. The molecule has 1 aliphatic heterocycles. The van der Waals surface area contributed by atoms with Crippen molar-refractivity contribution < 1.29 is 27.5 Å². The number of aryl methyl sites for hydroxylation is 1. The molecule has 0 spiro atoms. The first-order chi connectivity index (χ1) is 13.1. The van der Waals surface area contributed by atoms with Gasteiger partial charge in [-0.2, -0.15) is 13.2 Å². The third-order valence-electron chi connectivity index (χ3n) is 4.20. The SMILES string of the molecule is Cc1cc(C(F)(F)F)cc(N2C(=O)OC[C@H]2C(=O)N(C)c2cccc(Cl)c2)n1. The quantitative estimate of drug-likeness (QED) is 0.761. The molecule has 1 aromatic carbocycles. The largest absolute Gasteiger partial charge is 0.446 e. The van der Waals surface area contributed by atoms with Crippen molar-refractivity contribution in [2.45, 2.75) is 19.1 Å². The maximum absolute atomic E-state index is 13.1. The molecule has 2 amide bonds. The summed E-state index contributed by atoms with van der Waals surface area (Å²) >= 11 is 5.93. The number of ether oxygens (including phenoxy) is 1. The van der Waals surface area contributed by atoms with Crippen molar-refractivity contribution in [1.82, 2.24) is 4.98 Å². The predicted octanol–water partition coefficient (Wildman–Crippen LogP) is 4.05. The van der Waals surface area contributed by atoms with Crippen LogP contribution in [0.4, 0.5) is 29.5 Å². The molecule has 0 bridgehead atoms. The van der Waals surface area contributed by atoms with Crippen LogP contribution in [-0.4, -0.2) is 36.7 Å². The Bertz CT molecular complexity index is 936. The average molecular weight is 414 g/mol. The van der Waals surface area contributed by atoms with E-state index in [1.807, 2.05) is 0 Å². The molecular formula is C18H15ClF3N3O3. The van der Waals surface area contributed by atoms with Crippen molar-refractivity contribution in [3.8, 4) is 0 Å². The van der Waals surface area contributed by atoms with E-state index in [0.717, 1.165) is 17.0 Å². The highest BCUT2D eigenvalue weighted by Gasteiger charge is 2.42. The van der Waals surface area contributed by atoms with Crippen LogP contribution >= 0.6 is 11.6 Å². The highest BCUT2D eigenvalue weighted by molar-refractivity contribution is 6.31. The van der Waals surface area contributed by atoms with Gasteiger partial charge >= 0.3 is 12.3 Å². The summed E-state index contributed by atoms with van der Waals surface area (Å²) in [6.07, 6.45) is -5.56. The number of rotatable bonds is 3. The number of amides is 2. The van der Waals surface area contributed by atoms with Crippen LogP contribution in [0.5, 0.6) is 0 Å². The topological polar surface area (TPSA) is 62.7 Å². The second-order valence-electron chi connectivity index (χ2n) is 6.19. The highest BCUT2D eigenvalue weighted by atomic mass is 35.5. The number of cyclic esters (lactones) is 1. The van der Waals surface area contributed by atoms with Crippen LogP contribution in [0.2, 0.25) is 5.02 Å². The summed E-state index contributed by atoms with van der Waals surface area (Å²) in [4.78, 5) is 31.2. The number of pyridine rings is 1. The van der Waals surface area contributed by atoms with Crippen molar-refractivity contribution in [3.05, 3.63) is 52.7 Å². The standard InChI is InChI=1S/C18H15ClF3N3O3/c1-10-6-11(18(20,21)22)7-15(23-10)25-14(9-28-17(25)27)16(26)24(2)13-5-3-4-12(19)8-13/h3-8,14H,9H2,1-2H3/t14-/m0/s1. The third kappa shape index (κ3) is 3.89. The number of benzene rings is 1. The van der Waals surface area contributed by atoms with Crippen LogP contribution in [0.1, 0.15) is 11.3 Å². The molecule has 0 N–H and O–H groups in total. The van der Waals surface area contributed by atoms with Crippen molar-refractivity contribution >= 4 is 35.1 Å². The number of alkyl halides is 3. The zero-order chi connectivity index (χ0) is 20.6. The number of hydrogen-bond donors (Lipinski definition) is 0. The van der Waals surface area contributed by atoms with E-state index in [1.54, 1.807) is 24.3 Å². The van der Waals surface area contributed by atoms with Crippen LogP contribution < -0.4 is 9.80 Å². The summed E-state index contributed by atoms with van der Waals surface area (Å²) in [5.41, 5.74) is -0.451. The number of carbonyl (C=O) groups is 2. The molecule has 1 aliphatic rings. The van der Waals surface area contributed by atoms with Crippen LogP contribution in [-0.2, 0) is 15.7 Å². The maximum Gasteiger partial charge on any atom is 0.416 e. The first-order valence-corrected chi connectivity index (χ1v) is 8.50. The summed E-state index contributed by atoms with van der Waals surface area (Å²) in [5, 5.41) is 0.405. The van der Waals surface area contributed by atoms with Gasteiger partial charge in [0.2, 0.25) is 0 Å². The lowest BCUT2D eigenvalue weighted by Gasteiger charge is -2.25. The van der Waals surface area contributed by atoms with Gasteiger partial charge in [-0.15, -0.1) is 0 Å². The van der Waals surface area contributed by atoms with E-state index in [4.69, 9.17) is 16.3 Å². The Labute approximate surface area is 163 Å². The third-order valence-corrected chi connectivity index (χ3v) is 4.43. The Hall–Kier alpha value is -2.81. The average Bonchev–Trinajstić information content (AvgIpc) is 3.00. The van der Waals surface area contributed by atoms with Crippen molar-refractivity contribution in [2.75, 3.05) is 23.5 Å². The summed E-state index contributed by atoms with van der Waals surface area (Å²) < 4.78 is 44.3. The molecule has 0 aliphatic carbocycles. The van der Waals surface area contributed by atoms with Crippen molar-refractivity contribution in [3.63, 3.8) is 0 Å². The number of carbonyl (C=O) groups excluding carboxylic acids is 2. The number of likely N-dealkylation sites (N-methyl/N-ethyl adjacent to an activating group) is 1. The summed E-state index contributed by atoms with van der Waals surface area (Å²) in [6, 6.07) is 6.89. The van der Waals surface area contributed by atoms with Gasteiger partial charge in [0.15, 0.2) is 6.04 Å². The van der Waals surface area contributed by atoms with E-state index in [1.165, 1.54) is 18.9 Å². The molecule has 1 fully saturated rings. The normalized spacial score (nSPS) is 16.9. The van der Waals surface area contributed by atoms with E-state index in [0.29, 0.717) is 10.7 Å². The first kappa shape index (κ1) is 19.9. The fourth-order valence-electron chi connectivity index (χ4n) is 2.83. The zero-order valence-electron chi connectivity index (χ0n) is 14.8. The number of halogens is 4. The lowest BCUT2D eigenvalue weighted by atomic mass is 10.2. The van der Waals surface area contributed by atoms with E-state index < -0.39 is 29.8 Å². The lowest BCUT2D eigenvalue weighted by molar-refractivity contribution is -0.137. The van der Waals surface area contributed by atoms with Gasteiger partial charge in [0.25, 0.3) is 5.91 Å². The summed E-state index contributed by atoms with van der Waals surface area (Å²) in [5.74, 6) is -0.849. The summed E-state index contributed by atoms with van der Waals surface area (Å²) in [7, 11) is 1.47. The molecule has 10 heteroatoms. The number of hydrogen-bond acceptors (Lipinski definition) is 4. The highest BCUT2D eigenvalue weighted by Crippen LogP contribution is 2.33. The molecule has 0 unspecified atom stereocenters. The Morgan fingerprint density at radius 3 is 2.68 bits per heavy atom. The van der Waals surface area contributed by atoms with Gasteiger partial charge in [0.1, 0.15) is 12.4 Å². The molecule has 6 nitrogen and oxygen atoms in total. The van der Waals surface area contributed by atoms with Crippen LogP contribution in [0.25, 0.3) is 0 Å². The number of nitrogens with zero attached hydrogens (tertiary/aromatic N) is 3. The second-order valence-corrected chi connectivity index (χ2v) is 6.63. The minimum absolute atomic E-state index is 0.0546. The zero-order valence-corrected chi connectivity index (χ0v) is 15.6. The summed E-state index contributed by atoms with van der Waals surface area (Å²) in [6.45, 7) is 1.06. The Kier molecular flexibility index (Phi) is 5.20. The minimum Gasteiger partial charge on any atom is -0.446 e. The molecule has 148 valence electrons. The van der Waals surface area contributed by atoms with Gasteiger partial charge in [-0.3, -0.25) is 4.79 Å². The van der Waals surface area contributed by atoms with Gasteiger partial charge in [0, 0.05) is 23.5 Å². The fourth-order valence-corrected chi connectivity index (χ4v) is 3.01. The van der Waals surface area contributed by atoms with E-state index in [-0.39, 0.29) is 18.1 Å². The van der Waals surface area contributed by atoms with E-state index >= 15 is 0 Å². The molecule has 1 atom stereocenters. The van der Waals surface area contributed by atoms with Crippen molar-refractivity contribution in [1.29, 1.82) is 0 Å². The van der Waals surface area contributed by atoms with E-state index in [9.17, 15) is 22.8 Å². The van der Waals surface area contributed by atoms with Gasteiger partial charge in [-0.25, -0.2) is 14.7 Å². The van der Waals surface area contributed by atoms with Gasteiger partial charge < -0.3 is 9.64 Å². The second kappa shape index (κ2) is 7.31. The minimum atomic E-state index is -4.62. The molecule has 1 aromatic heterocycles. The molecule has 2 heterocycles. The number of aromatic nitrogens is 1.